The Balaban J connectivity index is 2.09. The van der Waals surface area contributed by atoms with E-state index in [0.717, 1.165) is 10.6 Å². The molecule has 0 saturated carbocycles. The van der Waals surface area contributed by atoms with Gasteiger partial charge in [0.05, 0.1) is 0 Å². The van der Waals surface area contributed by atoms with E-state index in [1.807, 2.05) is 0 Å². The maximum Gasteiger partial charge on any atom is 0.453 e. The summed E-state index contributed by atoms with van der Waals surface area (Å²) in [4.78, 5) is 7.22. The van der Waals surface area contributed by atoms with Gasteiger partial charge in [0.25, 0.3) is 11.6 Å². The van der Waals surface area contributed by atoms with Crippen LogP contribution < -0.4 is 4.74 Å². The number of alkyl halides is 3. The SMILES string of the molecule is Cc1cc(Oc2ccc(C)c(F)c2)n2nc(C(F)(F)F)nc2n1. The van der Waals surface area contributed by atoms with Gasteiger partial charge in [0, 0.05) is 17.8 Å². The second kappa shape index (κ2) is 5.18. The molecule has 0 spiro atoms. The Morgan fingerprint density at radius 3 is 2.48 bits per heavy atom. The Labute approximate surface area is 127 Å². The molecule has 1 aromatic carbocycles. The van der Waals surface area contributed by atoms with Crippen LogP contribution in [-0.4, -0.2) is 19.6 Å². The van der Waals surface area contributed by atoms with Crippen molar-refractivity contribution in [2.24, 2.45) is 0 Å². The molecular formula is C14H10F4N4O. The van der Waals surface area contributed by atoms with Crippen molar-refractivity contribution in [3.05, 3.63) is 47.2 Å². The topological polar surface area (TPSA) is 52.3 Å². The van der Waals surface area contributed by atoms with Crippen LogP contribution in [0.2, 0.25) is 0 Å². The fourth-order valence-electron chi connectivity index (χ4n) is 1.90. The predicted molar refractivity (Wildman–Crippen MR) is 71.7 cm³/mol. The smallest absolute Gasteiger partial charge is 0.439 e. The summed E-state index contributed by atoms with van der Waals surface area (Å²) >= 11 is 0. The van der Waals surface area contributed by atoms with Crippen molar-refractivity contribution in [2.45, 2.75) is 20.0 Å². The van der Waals surface area contributed by atoms with E-state index in [1.54, 1.807) is 13.8 Å². The van der Waals surface area contributed by atoms with E-state index in [1.165, 1.54) is 18.2 Å². The zero-order valence-electron chi connectivity index (χ0n) is 12.0. The highest BCUT2D eigenvalue weighted by molar-refractivity contribution is 5.37. The molecule has 0 aliphatic rings. The molecule has 0 aliphatic heterocycles. The number of benzene rings is 1. The van der Waals surface area contributed by atoms with Crippen molar-refractivity contribution < 1.29 is 22.3 Å². The van der Waals surface area contributed by atoms with Gasteiger partial charge in [-0.25, -0.2) is 9.37 Å². The van der Waals surface area contributed by atoms with Crippen LogP contribution in [0.25, 0.3) is 5.78 Å². The molecule has 0 bridgehead atoms. The van der Waals surface area contributed by atoms with Crippen molar-refractivity contribution >= 4 is 5.78 Å². The van der Waals surface area contributed by atoms with Gasteiger partial charge in [-0.05, 0) is 25.5 Å². The Morgan fingerprint density at radius 2 is 1.83 bits per heavy atom. The van der Waals surface area contributed by atoms with Crippen molar-refractivity contribution in [2.75, 3.05) is 0 Å². The number of aromatic nitrogens is 4. The molecule has 0 atom stereocenters. The molecule has 3 aromatic rings. The first-order chi connectivity index (χ1) is 10.7. The van der Waals surface area contributed by atoms with Crippen LogP contribution in [0.4, 0.5) is 17.6 Å². The zero-order chi connectivity index (χ0) is 16.8. The van der Waals surface area contributed by atoms with Gasteiger partial charge in [0.15, 0.2) is 0 Å². The van der Waals surface area contributed by atoms with E-state index in [2.05, 4.69) is 15.1 Å². The van der Waals surface area contributed by atoms with Crippen molar-refractivity contribution in [1.29, 1.82) is 0 Å². The van der Waals surface area contributed by atoms with Crippen LogP contribution in [0.5, 0.6) is 11.6 Å². The molecule has 5 nitrogen and oxygen atoms in total. The molecular weight excluding hydrogens is 316 g/mol. The molecule has 3 rings (SSSR count). The molecule has 0 unspecified atom stereocenters. The third-order valence-corrected chi connectivity index (χ3v) is 3.03. The minimum absolute atomic E-state index is 0.0428. The van der Waals surface area contributed by atoms with Crippen LogP contribution in [0.15, 0.2) is 24.3 Å². The lowest BCUT2D eigenvalue weighted by atomic mass is 10.2. The molecule has 23 heavy (non-hydrogen) atoms. The number of halogens is 4. The van der Waals surface area contributed by atoms with E-state index in [4.69, 9.17) is 4.74 Å². The first-order valence-electron chi connectivity index (χ1n) is 6.49. The third kappa shape index (κ3) is 2.94. The molecule has 9 heteroatoms. The van der Waals surface area contributed by atoms with Gasteiger partial charge in [-0.2, -0.15) is 22.7 Å². The second-order valence-electron chi connectivity index (χ2n) is 4.89. The van der Waals surface area contributed by atoms with Crippen LogP contribution >= 0.6 is 0 Å². The Morgan fingerprint density at radius 1 is 1.09 bits per heavy atom. The van der Waals surface area contributed by atoms with Crippen LogP contribution in [0.1, 0.15) is 17.1 Å². The molecule has 120 valence electrons. The molecule has 0 fully saturated rings. The monoisotopic (exact) mass is 326 g/mol. The van der Waals surface area contributed by atoms with Gasteiger partial charge in [-0.1, -0.05) is 6.07 Å². The average Bonchev–Trinajstić information content (AvgIpc) is 2.87. The number of rotatable bonds is 2. The van der Waals surface area contributed by atoms with Gasteiger partial charge >= 0.3 is 6.18 Å². The van der Waals surface area contributed by atoms with Gasteiger partial charge < -0.3 is 4.74 Å². The molecule has 2 heterocycles. The van der Waals surface area contributed by atoms with Gasteiger partial charge in [-0.15, -0.1) is 5.10 Å². The summed E-state index contributed by atoms with van der Waals surface area (Å²) in [6, 6.07) is 5.53. The number of hydrogen-bond acceptors (Lipinski definition) is 4. The largest absolute Gasteiger partial charge is 0.453 e. The van der Waals surface area contributed by atoms with Crippen LogP contribution in [-0.2, 0) is 6.18 Å². The van der Waals surface area contributed by atoms with E-state index < -0.39 is 17.8 Å². The van der Waals surface area contributed by atoms with Crippen molar-refractivity contribution in [3.8, 4) is 11.6 Å². The minimum Gasteiger partial charge on any atom is -0.439 e. The summed E-state index contributed by atoms with van der Waals surface area (Å²) in [6.45, 7) is 3.16. The number of hydrogen-bond donors (Lipinski definition) is 0. The van der Waals surface area contributed by atoms with Gasteiger partial charge in [-0.3, -0.25) is 0 Å². The van der Waals surface area contributed by atoms with E-state index >= 15 is 0 Å². The number of ether oxygens (including phenoxy) is 1. The summed E-state index contributed by atoms with van der Waals surface area (Å²) in [5.41, 5.74) is 0.815. The summed E-state index contributed by atoms with van der Waals surface area (Å²) in [5, 5.41) is 3.36. The number of aryl methyl sites for hydroxylation is 2. The normalized spacial score (nSPS) is 11.9. The van der Waals surface area contributed by atoms with E-state index in [9.17, 15) is 17.6 Å². The molecule has 0 N–H and O–H groups in total. The van der Waals surface area contributed by atoms with E-state index in [0.29, 0.717) is 11.3 Å². The highest BCUT2D eigenvalue weighted by atomic mass is 19.4. The van der Waals surface area contributed by atoms with Crippen molar-refractivity contribution in [3.63, 3.8) is 0 Å². The maximum absolute atomic E-state index is 13.6. The lowest BCUT2D eigenvalue weighted by Crippen LogP contribution is -2.08. The molecule has 0 saturated heterocycles. The average molecular weight is 326 g/mol. The molecule has 0 amide bonds. The minimum atomic E-state index is -4.70. The second-order valence-corrected chi connectivity index (χ2v) is 4.89. The fraction of sp³-hybridized carbons (Fsp3) is 0.214. The standard InChI is InChI=1S/C14H10F4N4O/c1-7-3-4-9(6-10(7)15)23-11-5-8(2)19-13-20-12(14(16,17)18)21-22(11)13/h3-6H,1-2H3. The summed E-state index contributed by atoms with van der Waals surface area (Å²) in [5.74, 6) is -1.97. The lowest BCUT2D eigenvalue weighted by molar-refractivity contribution is -0.144. The summed E-state index contributed by atoms with van der Waals surface area (Å²) < 4.78 is 58.0. The zero-order valence-corrected chi connectivity index (χ0v) is 12.0. The summed E-state index contributed by atoms with van der Waals surface area (Å²) in [7, 11) is 0. The first-order valence-corrected chi connectivity index (χ1v) is 6.49. The number of nitrogens with zero attached hydrogens (tertiary/aromatic N) is 4. The molecule has 0 aliphatic carbocycles. The van der Waals surface area contributed by atoms with Crippen LogP contribution in [0.3, 0.4) is 0 Å². The third-order valence-electron chi connectivity index (χ3n) is 3.03. The first kappa shape index (κ1) is 15.2. The quantitative estimate of drug-likeness (QED) is 0.674. The predicted octanol–water partition coefficient (Wildman–Crippen LogP) is 3.69. The van der Waals surface area contributed by atoms with Gasteiger partial charge in [0.1, 0.15) is 11.6 Å². The van der Waals surface area contributed by atoms with Crippen molar-refractivity contribution in [1.82, 2.24) is 19.6 Å². The molecule has 0 radical (unpaired) electrons. The Hall–Kier alpha value is -2.71. The lowest BCUT2D eigenvalue weighted by Gasteiger charge is -2.08. The Bertz CT molecular complexity index is 888. The summed E-state index contributed by atoms with van der Waals surface area (Å²) in [6.07, 6.45) is -4.70. The highest BCUT2D eigenvalue weighted by Gasteiger charge is 2.37. The number of fused-ring (bicyclic) bond motifs is 1. The van der Waals surface area contributed by atoms with E-state index in [-0.39, 0.29) is 17.4 Å². The Kier molecular flexibility index (Phi) is 3.42. The van der Waals surface area contributed by atoms with Crippen LogP contribution in [0, 0.1) is 19.7 Å². The van der Waals surface area contributed by atoms with Gasteiger partial charge in [0.2, 0.25) is 5.88 Å². The molecule has 2 aromatic heterocycles. The highest BCUT2D eigenvalue weighted by Crippen LogP contribution is 2.29. The fourth-order valence-corrected chi connectivity index (χ4v) is 1.90. The maximum atomic E-state index is 13.6.